The van der Waals surface area contributed by atoms with E-state index in [-0.39, 0.29) is 34.1 Å². The lowest BCUT2D eigenvalue weighted by Crippen LogP contribution is -2.49. The van der Waals surface area contributed by atoms with Gasteiger partial charge in [-0.15, -0.1) is 0 Å². The van der Waals surface area contributed by atoms with E-state index in [2.05, 4.69) is 15.0 Å². The average molecular weight is 534 g/mol. The maximum absolute atomic E-state index is 14.0. The number of hydrogen-bond acceptors (Lipinski definition) is 6. The Bertz CT molecular complexity index is 1250. The first-order chi connectivity index (χ1) is 18.4. The molecule has 1 aromatic heterocycles. The fourth-order valence-electron chi connectivity index (χ4n) is 4.76. The molecule has 1 fully saturated rings. The topological polar surface area (TPSA) is 117 Å². The third-order valence-electron chi connectivity index (χ3n) is 6.92. The molecule has 0 unspecified atom stereocenters. The summed E-state index contributed by atoms with van der Waals surface area (Å²) >= 11 is 0.892. The molecule has 0 spiro atoms. The molecule has 38 heavy (non-hydrogen) atoms. The number of aromatic nitrogens is 1. The molecule has 1 aliphatic rings. The Morgan fingerprint density at radius 2 is 1.74 bits per heavy atom. The Hall–Kier alpha value is -3.72. The molecule has 0 radical (unpaired) electrons. The van der Waals surface area contributed by atoms with Crippen molar-refractivity contribution in [3.05, 3.63) is 76.3 Å². The fraction of sp³-hybridized carbons (Fsp3) is 0.379. The second-order valence-electron chi connectivity index (χ2n) is 9.72. The zero-order valence-electron chi connectivity index (χ0n) is 21.9. The summed E-state index contributed by atoms with van der Waals surface area (Å²) in [6, 6.07) is 16.3. The number of benzene rings is 2. The molecule has 9 heteroatoms. The van der Waals surface area contributed by atoms with Crippen LogP contribution in [0.2, 0.25) is 0 Å². The summed E-state index contributed by atoms with van der Waals surface area (Å²) in [7, 11) is 0. The maximum atomic E-state index is 14.0. The molecule has 2 aromatic carbocycles. The van der Waals surface area contributed by atoms with Crippen LogP contribution in [-0.2, 0) is 11.3 Å². The second kappa shape index (κ2) is 12.7. The standard InChI is InChI=1S/C29H35N5O3S/c1-3-23(27(35)31-18-20-10-6-4-7-11-20)34(22-16-14-19(2)15-17-22)29(37)26-24(30)25(33-38-26)28(36)32-21-12-8-5-9-13-21/h4,6-7,10-11,14-17,21,23H,3,5,8-9,12-13,18,30H2,1-2H3,(H,31,35)(H,32,36)/t23-/m0/s1. The number of nitrogens with zero attached hydrogens (tertiary/aromatic N) is 2. The molecule has 0 saturated heterocycles. The molecule has 1 heterocycles. The predicted molar refractivity (Wildman–Crippen MR) is 151 cm³/mol. The van der Waals surface area contributed by atoms with E-state index < -0.39 is 11.9 Å². The Morgan fingerprint density at radius 1 is 1.05 bits per heavy atom. The van der Waals surface area contributed by atoms with Gasteiger partial charge in [-0.2, -0.15) is 4.37 Å². The van der Waals surface area contributed by atoms with Gasteiger partial charge in [0.15, 0.2) is 5.69 Å². The monoisotopic (exact) mass is 533 g/mol. The third-order valence-corrected chi connectivity index (χ3v) is 7.77. The van der Waals surface area contributed by atoms with Crippen LogP contribution in [0, 0.1) is 6.92 Å². The summed E-state index contributed by atoms with van der Waals surface area (Å²) in [4.78, 5) is 41.9. The molecule has 1 atom stereocenters. The van der Waals surface area contributed by atoms with Crippen LogP contribution < -0.4 is 21.3 Å². The van der Waals surface area contributed by atoms with Crippen LogP contribution in [0.25, 0.3) is 0 Å². The van der Waals surface area contributed by atoms with Gasteiger partial charge in [0.25, 0.3) is 11.8 Å². The summed E-state index contributed by atoms with van der Waals surface area (Å²) in [5.74, 6) is -1.09. The van der Waals surface area contributed by atoms with Crippen molar-refractivity contribution < 1.29 is 14.4 Å². The van der Waals surface area contributed by atoms with Crippen molar-refractivity contribution in [2.24, 2.45) is 0 Å². The second-order valence-corrected chi connectivity index (χ2v) is 10.5. The molecule has 3 amide bonds. The molecule has 1 aliphatic carbocycles. The van der Waals surface area contributed by atoms with E-state index in [4.69, 9.17) is 5.73 Å². The van der Waals surface area contributed by atoms with E-state index in [0.29, 0.717) is 18.7 Å². The fourth-order valence-corrected chi connectivity index (χ4v) is 5.49. The van der Waals surface area contributed by atoms with Gasteiger partial charge < -0.3 is 16.4 Å². The lowest BCUT2D eigenvalue weighted by Gasteiger charge is -2.30. The van der Waals surface area contributed by atoms with Crippen molar-refractivity contribution in [1.82, 2.24) is 15.0 Å². The van der Waals surface area contributed by atoms with Crippen molar-refractivity contribution in [2.45, 2.75) is 71.0 Å². The third kappa shape index (κ3) is 6.39. The van der Waals surface area contributed by atoms with Crippen molar-refractivity contribution >= 4 is 40.6 Å². The van der Waals surface area contributed by atoms with Gasteiger partial charge in [0, 0.05) is 18.3 Å². The number of carbonyl (C=O) groups excluding carboxylic acids is 3. The summed E-state index contributed by atoms with van der Waals surface area (Å²) in [5, 5.41) is 5.98. The molecule has 0 bridgehead atoms. The van der Waals surface area contributed by atoms with Crippen LogP contribution in [0.1, 0.15) is 76.7 Å². The van der Waals surface area contributed by atoms with Gasteiger partial charge in [0.05, 0.1) is 5.69 Å². The van der Waals surface area contributed by atoms with Crippen LogP contribution in [0.5, 0.6) is 0 Å². The molecule has 0 aliphatic heterocycles. The zero-order valence-corrected chi connectivity index (χ0v) is 22.7. The maximum Gasteiger partial charge on any atom is 0.273 e. The van der Waals surface area contributed by atoms with Crippen molar-refractivity contribution in [1.29, 1.82) is 0 Å². The molecule has 4 rings (SSSR count). The number of amides is 3. The highest BCUT2D eigenvalue weighted by atomic mass is 32.1. The smallest absolute Gasteiger partial charge is 0.273 e. The Labute approximate surface area is 227 Å². The molecular formula is C29H35N5O3S. The van der Waals surface area contributed by atoms with Gasteiger partial charge in [-0.25, -0.2) is 0 Å². The minimum atomic E-state index is -0.782. The summed E-state index contributed by atoms with van der Waals surface area (Å²) in [5.41, 5.74) is 9.02. The first kappa shape index (κ1) is 27.3. The van der Waals surface area contributed by atoms with E-state index in [1.54, 1.807) is 0 Å². The van der Waals surface area contributed by atoms with Crippen LogP contribution >= 0.6 is 11.5 Å². The zero-order chi connectivity index (χ0) is 27.1. The highest BCUT2D eigenvalue weighted by Gasteiger charge is 2.34. The van der Waals surface area contributed by atoms with Gasteiger partial charge in [0.2, 0.25) is 5.91 Å². The van der Waals surface area contributed by atoms with Crippen LogP contribution in [0.3, 0.4) is 0 Å². The number of anilines is 2. The highest BCUT2D eigenvalue weighted by Crippen LogP contribution is 2.29. The average Bonchev–Trinajstić information content (AvgIpc) is 3.33. The number of nitrogens with one attached hydrogen (secondary N) is 2. The van der Waals surface area contributed by atoms with E-state index in [9.17, 15) is 14.4 Å². The van der Waals surface area contributed by atoms with Crippen LogP contribution in [0.15, 0.2) is 54.6 Å². The molecule has 1 saturated carbocycles. The van der Waals surface area contributed by atoms with Crippen LogP contribution in [-0.4, -0.2) is 34.2 Å². The quantitative estimate of drug-likeness (QED) is 0.364. The largest absolute Gasteiger partial charge is 0.395 e. The highest BCUT2D eigenvalue weighted by molar-refractivity contribution is 7.09. The first-order valence-electron chi connectivity index (χ1n) is 13.2. The number of nitrogen functional groups attached to an aromatic ring is 1. The lowest BCUT2D eigenvalue weighted by atomic mass is 9.95. The molecular weight excluding hydrogens is 498 g/mol. The SMILES string of the molecule is CC[C@@H](C(=O)NCc1ccccc1)N(C(=O)c1snc(C(=O)NC2CCCCC2)c1N)c1ccc(C)cc1. The summed E-state index contributed by atoms with van der Waals surface area (Å²) < 4.78 is 4.25. The molecule has 4 N–H and O–H groups in total. The lowest BCUT2D eigenvalue weighted by molar-refractivity contribution is -0.122. The Morgan fingerprint density at radius 3 is 2.39 bits per heavy atom. The van der Waals surface area contributed by atoms with E-state index in [1.807, 2.05) is 68.4 Å². The number of aryl methyl sites for hydroxylation is 1. The normalized spacial score (nSPS) is 14.5. The number of rotatable bonds is 9. The summed E-state index contributed by atoms with van der Waals surface area (Å²) in [6.45, 7) is 4.17. The predicted octanol–water partition coefficient (Wildman–Crippen LogP) is 4.84. The number of carbonyl (C=O) groups is 3. The van der Waals surface area contributed by atoms with Gasteiger partial charge in [-0.05, 0) is 55.4 Å². The van der Waals surface area contributed by atoms with E-state index >= 15 is 0 Å². The minimum Gasteiger partial charge on any atom is -0.395 e. The van der Waals surface area contributed by atoms with Gasteiger partial charge in [-0.3, -0.25) is 19.3 Å². The first-order valence-corrected chi connectivity index (χ1v) is 13.9. The van der Waals surface area contributed by atoms with Crippen LogP contribution in [0.4, 0.5) is 11.4 Å². The van der Waals surface area contributed by atoms with Gasteiger partial charge in [-0.1, -0.05) is 74.2 Å². The van der Waals surface area contributed by atoms with Crippen molar-refractivity contribution in [2.75, 3.05) is 10.6 Å². The Kier molecular flexibility index (Phi) is 9.12. The van der Waals surface area contributed by atoms with E-state index in [0.717, 1.165) is 48.3 Å². The molecule has 8 nitrogen and oxygen atoms in total. The molecule has 200 valence electrons. The minimum absolute atomic E-state index is 0.0463. The number of nitrogens with two attached hydrogens (primary N) is 1. The summed E-state index contributed by atoms with van der Waals surface area (Å²) in [6.07, 6.45) is 5.58. The van der Waals surface area contributed by atoms with E-state index in [1.165, 1.54) is 11.3 Å². The van der Waals surface area contributed by atoms with Gasteiger partial charge in [0.1, 0.15) is 10.9 Å². The Balaban J connectivity index is 1.59. The van der Waals surface area contributed by atoms with Crippen molar-refractivity contribution in [3.63, 3.8) is 0 Å². The van der Waals surface area contributed by atoms with Crippen molar-refractivity contribution in [3.8, 4) is 0 Å². The molecule has 3 aromatic rings. The van der Waals surface area contributed by atoms with Gasteiger partial charge >= 0.3 is 0 Å². The number of hydrogen-bond donors (Lipinski definition) is 3.